The molecule has 7 heteroatoms. The molecule has 0 bridgehead atoms. The van der Waals surface area contributed by atoms with Crippen molar-refractivity contribution in [3.05, 3.63) is 72.1 Å². The van der Waals surface area contributed by atoms with Gasteiger partial charge in [0, 0.05) is 12.0 Å². The summed E-state index contributed by atoms with van der Waals surface area (Å²) in [6, 6.07) is 17.2. The van der Waals surface area contributed by atoms with Crippen LogP contribution in [0, 0.1) is 0 Å². The lowest BCUT2D eigenvalue weighted by Gasteiger charge is -2.23. The Bertz CT molecular complexity index is 967. The first kappa shape index (κ1) is 17.5. The Labute approximate surface area is 161 Å². The Morgan fingerprint density at radius 2 is 1.96 bits per heavy atom. The Morgan fingerprint density at radius 3 is 2.70 bits per heavy atom. The Balaban J connectivity index is 1.52. The molecular weight excluding hydrogens is 360 g/mol. The van der Waals surface area contributed by atoms with Gasteiger partial charge < -0.3 is 4.74 Å². The van der Waals surface area contributed by atoms with Gasteiger partial charge in [-0.25, -0.2) is 9.67 Å². The van der Waals surface area contributed by atoms with Crippen LogP contribution in [0.5, 0.6) is 5.75 Å². The predicted octanol–water partition coefficient (Wildman–Crippen LogP) is 3.93. The zero-order chi connectivity index (χ0) is 18.6. The minimum Gasteiger partial charge on any atom is -0.497 e. The second kappa shape index (κ2) is 7.75. The summed E-state index contributed by atoms with van der Waals surface area (Å²) in [5, 5.41) is 5.21. The molecule has 3 aromatic rings. The first-order valence-electron chi connectivity index (χ1n) is 8.56. The van der Waals surface area contributed by atoms with E-state index in [1.165, 1.54) is 18.1 Å². The van der Waals surface area contributed by atoms with E-state index < -0.39 is 0 Å². The van der Waals surface area contributed by atoms with Crippen LogP contribution in [-0.2, 0) is 0 Å². The van der Waals surface area contributed by atoms with Gasteiger partial charge >= 0.3 is 0 Å². The second-order valence-corrected chi connectivity index (χ2v) is 7.13. The van der Waals surface area contributed by atoms with Crippen LogP contribution >= 0.6 is 11.8 Å². The highest BCUT2D eigenvalue weighted by atomic mass is 32.2. The summed E-state index contributed by atoms with van der Waals surface area (Å²) in [5.41, 5.74) is 1.82. The molecule has 1 atom stereocenters. The molecule has 136 valence electrons. The molecule has 0 aliphatic carbocycles. The number of thioether (sulfide) groups is 1. The van der Waals surface area contributed by atoms with Gasteiger partial charge in [0.2, 0.25) is 5.95 Å². The number of ether oxygens (including phenoxy) is 1. The van der Waals surface area contributed by atoms with Crippen molar-refractivity contribution in [3.63, 3.8) is 0 Å². The Morgan fingerprint density at radius 1 is 1.19 bits per heavy atom. The number of benzene rings is 2. The molecule has 27 heavy (non-hydrogen) atoms. The number of hydrogen-bond donors (Lipinski definition) is 0. The topological polar surface area (TPSA) is 69.4 Å². The number of ketones is 1. The molecule has 1 aromatic heterocycles. The monoisotopic (exact) mass is 378 g/mol. The number of methoxy groups -OCH3 is 1. The molecule has 0 N–H and O–H groups in total. The van der Waals surface area contributed by atoms with Gasteiger partial charge in [0.25, 0.3) is 0 Å². The summed E-state index contributed by atoms with van der Waals surface area (Å²) in [6.45, 7) is 0. The lowest BCUT2D eigenvalue weighted by atomic mass is 10.0. The summed E-state index contributed by atoms with van der Waals surface area (Å²) in [5.74, 6) is 1.82. The SMILES string of the molecule is COc1ccc([C@H]2CC(SCC(=O)c3ccccc3)=Nc3ncnn32)cc1. The lowest BCUT2D eigenvalue weighted by Crippen LogP contribution is -2.20. The van der Waals surface area contributed by atoms with Crippen LogP contribution in [0.4, 0.5) is 5.95 Å². The molecule has 0 fully saturated rings. The summed E-state index contributed by atoms with van der Waals surface area (Å²) < 4.78 is 7.06. The molecule has 4 rings (SSSR count). The van der Waals surface area contributed by atoms with E-state index in [9.17, 15) is 4.79 Å². The maximum Gasteiger partial charge on any atom is 0.249 e. The number of fused-ring (bicyclic) bond motifs is 1. The average molecular weight is 378 g/mol. The first-order valence-corrected chi connectivity index (χ1v) is 9.55. The van der Waals surface area contributed by atoms with Gasteiger partial charge in [0.15, 0.2) is 5.78 Å². The van der Waals surface area contributed by atoms with Crippen LogP contribution < -0.4 is 4.74 Å². The fourth-order valence-corrected chi connectivity index (χ4v) is 3.87. The molecule has 0 unspecified atom stereocenters. The van der Waals surface area contributed by atoms with Gasteiger partial charge in [-0.3, -0.25) is 4.79 Å². The molecule has 2 heterocycles. The number of Topliss-reactive ketones (excluding diaryl/α,β-unsaturated/α-hetero) is 1. The largest absolute Gasteiger partial charge is 0.497 e. The van der Waals surface area contributed by atoms with Crippen molar-refractivity contribution in [3.8, 4) is 5.75 Å². The number of aliphatic imine (C=N–C) groups is 1. The van der Waals surface area contributed by atoms with Crippen molar-refractivity contribution in [2.75, 3.05) is 12.9 Å². The number of aromatic nitrogens is 3. The third-order valence-electron chi connectivity index (χ3n) is 4.41. The molecule has 0 saturated heterocycles. The van der Waals surface area contributed by atoms with E-state index in [0.29, 0.717) is 18.1 Å². The molecule has 1 aliphatic rings. The smallest absolute Gasteiger partial charge is 0.249 e. The zero-order valence-electron chi connectivity index (χ0n) is 14.8. The van der Waals surface area contributed by atoms with E-state index in [1.807, 2.05) is 59.3 Å². The van der Waals surface area contributed by atoms with Crippen LogP contribution in [0.2, 0.25) is 0 Å². The maximum absolute atomic E-state index is 12.4. The van der Waals surface area contributed by atoms with Gasteiger partial charge in [-0.15, -0.1) is 11.8 Å². The molecule has 6 nitrogen and oxygen atoms in total. The van der Waals surface area contributed by atoms with Crippen LogP contribution in [0.15, 0.2) is 65.9 Å². The first-order chi connectivity index (χ1) is 13.2. The quantitative estimate of drug-likeness (QED) is 0.629. The Kier molecular flexibility index (Phi) is 5.02. The van der Waals surface area contributed by atoms with Gasteiger partial charge in [-0.1, -0.05) is 42.5 Å². The molecule has 1 aliphatic heterocycles. The number of nitrogens with zero attached hydrogens (tertiary/aromatic N) is 4. The fraction of sp³-hybridized carbons (Fsp3) is 0.200. The molecule has 2 aromatic carbocycles. The van der Waals surface area contributed by atoms with E-state index >= 15 is 0 Å². The highest BCUT2D eigenvalue weighted by Crippen LogP contribution is 2.34. The van der Waals surface area contributed by atoms with Gasteiger partial charge in [-0.05, 0) is 17.7 Å². The third-order valence-corrected chi connectivity index (χ3v) is 5.41. The lowest BCUT2D eigenvalue weighted by molar-refractivity contribution is 0.102. The number of hydrogen-bond acceptors (Lipinski definition) is 6. The maximum atomic E-state index is 12.4. The number of carbonyl (C=O) groups is 1. The van der Waals surface area contributed by atoms with Gasteiger partial charge in [-0.2, -0.15) is 10.1 Å². The van der Waals surface area contributed by atoms with E-state index in [0.717, 1.165) is 21.9 Å². The van der Waals surface area contributed by atoms with Gasteiger partial charge in [0.1, 0.15) is 12.1 Å². The summed E-state index contributed by atoms with van der Waals surface area (Å²) in [6.07, 6.45) is 2.19. The van der Waals surface area contributed by atoms with Crippen molar-refractivity contribution in [1.82, 2.24) is 14.8 Å². The minimum atomic E-state index is 0.000216. The standard InChI is InChI=1S/C20H18N4O2S/c1-26-16-9-7-14(8-10-16)17-11-19(23-20-21-13-22-24(17)20)27-12-18(25)15-5-3-2-4-6-15/h2-10,13,17H,11-12H2,1H3/t17-/m1/s1. The summed E-state index contributed by atoms with van der Waals surface area (Å²) in [7, 11) is 1.65. The van der Waals surface area contributed by atoms with Crippen molar-refractivity contribution in [2.45, 2.75) is 12.5 Å². The van der Waals surface area contributed by atoms with Gasteiger partial charge in [0.05, 0.1) is 23.9 Å². The fourth-order valence-electron chi connectivity index (χ4n) is 2.99. The zero-order valence-corrected chi connectivity index (χ0v) is 15.6. The summed E-state index contributed by atoms with van der Waals surface area (Å²) in [4.78, 5) is 21.2. The van der Waals surface area contributed by atoms with E-state index in [4.69, 9.17) is 4.74 Å². The molecule has 0 saturated carbocycles. The highest BCUT2D eigenvalue weighted by Gasteiger charge is 2.26. The Hall–Kier alpha value is -2.93. The van der Waals surface area contributed by atoms with E-state index in [1.54, 1.807) is 7.11 Å². The van der Waals surface area contributed by atoms with Crippen LogP contribution in [0.25, 0.3) is 0 Å². The molecule has 0 radical (unpaired) electrons. The van der Waals surface area contributed by atoms with Crippen LogP contribution in [0.3, 0.4) is 0 Å². The molecular formula is C20H18N4O2S. The van der Waals surface area contributed by atoms with Crippen LogP contribution in [0.1, 0.15) is 28.4 Å². The minimum absolute atomic E-state index is 0.000216. The second-order valence-electron chi connectivity index (χ2n) is 6.08. The molecule has 0 amide bonds. The molecule has 0 spiro atoms. The van der Waals surface area contributed by atoms with Crippen molar-refractivity contribution in [1.29, 1.82) is 0 Å². The van der Waals surface area contributed by atoms with Crippen molar-refractivity contribution >= 4 is 28.5 Å². The van der Waals surface area contributed by atoms with Crippen molar-refractivity contribution in [2.24, 2.45) is 4.99 Å². The normalized spacial score (nSPS) is 15.7. The summed E-state index contributed by atoms with van der Waals surface area (Å²) >= 11 is 1.47. The van der Waals surface area contributed by atoms with Crippen LogP contribution in [-0.4, -0.2) is 38.5 Å². The average Bonchev–Trinajstić information content (AvgIpc) is 3.21. The van der Waals surface area contributed by atoms with E-state index in [-0.39, 0.29) is 11.8 Å². The number of carbonyl (C=O) groups excluding carboxylic acids is 1. The van der Waals surface area contributed by atoms with Crippen molar-refractivity contribution < 1.29 is 9.53 Å². The predicted molar refractivity (Wildman–Crippen MR) is 106 cm³/mol. The highest BCUT2D eigenvalue weighted by molar-refractivity contribution is 8.14. The van der Waals surface area contributed by atoms with E-state index in [2.05, 4.69) is 15.1 Å². The number of rotatable bonds is 5. The third kappa shape index (κ3) is 3.78.